The summed E-state index contributed by atoms with van der Waals surface area (Å²) in [6.07, 6.45) is -0.368. The van der Waals surface area contributed by atoms with E-state index in [2.05, 4.69) is 54.3 Å². The molecule has 4 heteroatoms. The quantitative estimate of drug-likeness (QED) is 0.327. The summed E-state index contributed by atoms with van der Waals surface area (Å²) in [4.78, 5) is 18.2. The van der Waals surface area contributed by atoms with Crippen LogP contribution >= 0.6 is 0 Å². The van der Waals surface area contributed by atoms with Crippen LogP contribution in [0.5, 0.6) is 5.75 Å². The number of hydrogen-bond acceptors (Lipinski definition) is 3. The van der Waals surface area contributed by atoms with Crippen LogP contribution in [-0.4, -0.2) is 12.5 Å². The maximum absolute atomic E-state index is 14.0. The molecule has 5 rings (SSSR count). The minimum absolute atomic E-state index is 0.0138. The molecule has 1 aliphatic rings. The van der Waals surface area contributed by atoms with Crippen LogP contribution in [0, 0.1) is 6.92 Å². The van der Waals surface area contributed by atoms with Crippen molar-refractivity contribution in [2.75, 3.05) is 16.4 Å². The summed E-state index contributed by atoms with van der Waals surface area (Å²) in [5, 5.41) is 0. The summed E-state index contributed by atoms with van der Waals surface area (Å²) >= 11 is 0. The number of para-hydroxylation sites is 2. The number of anilines is 2. The van der Waals surface area contributed by atoms with E-state index in [1.807, 2.05) is 72.5 Å². The first-order valence-corrected chi connectivity index (χ1v) is 11.7. The van der Waals surface area contributed by atoms with E-state index in [1.165, 1.54) is 5.56 Å². The van der Waals surface area contributed by atoms with Gasteiger partial charge in [0.1, 0.15) is 11.9 Å². The molecule has 4 aromatic rings. The molecule has 0 N–H and O–H groups in total. The molecule has 0 saturated heterocycles. The maximum atomic E-state index is 14.0. The van der Waals surface area contributed by atoms with Gasteiger partial charge in [0.25, 0.3) is 5.91 Å². The lowest BCUT2D eigenvalue weighted by Crippen LogP contribution is -2.49. The van der Waals surface area contributed by atoms with Gasteiger partial charge in [0.2, 0.25) is 0 Å². The Balaban J connectivity index is 1.75. The number of aryl methyl sites for hydroxylation is 1. The summed E-state index contributed by atoms with van der Waals surface area (Å²) in [6.45, 7) is 5.24. The van der Waals surface area contributed by atoms with Crippen LogP contribution in [-0.2, 0) is 6.54 Å². The van der Waals surface area contributed by atoms with Crippen molar-refractivity contribution in [3.8, 4) is 5.75 Å². The molecule has 0 spiro atoms. The Morgan fingerprint density at radius 1 is 0.794 bits per heavy atom. The predicted molar refractivity (Wildman–Crippen MR) is 137 cm³/mol. The third-order valence-corrected chi connectivity index (χ3v) is 6.21. The number of hydrogen-bond donors (Lipinski definition) is 0. The van der Waals surface area contributed by atoms with Crippen LogP contribution in [0.15, 0.2) is 103 Å². The van der Waals surface area contributed by atoms with Crippen molar-refractivity contribution in [2.45, 2.75) is 26.6 Å². The Morgan fingerprint density at radius 2 is 1.47 bits per heavy atom. The highest BCUT2D eigenvalue weighted by Gasteiger charge is 2.40. The minimum Gasteiger partial charge on any atom is -0.493 e. The molecular weight excluding hydrogens is 420 g/mol. The molecule has 1 atom stereocenters. The first kappa shape index (κ1) is 21.8. The lowest BCUT2D eigenvalue weighted by molar-refractivity contribution is 0.0967. The van der Waals surface area contributed by atoms with Crippen molar-refractivity contribution in [3.63, 3.8) is 0 Å². The van der Waals surface area contributed by atoms with Crippen LogP contribution in [0.1, 0.15) is 40.1 Å². The molecular formula is C30H28N2O2. The lowest BCUT2D eigenvalue weighted by atomic mass is 9.98. The van der Waals surface area contributed by atoms with Crippen molar-refractivity contribution < 1.29 is 9.53 Å². The highest BCUT2D eigenvalue weighted by molar-refractivity contribution is 6.12. The third-order valence-electron chi connectivity index (χ3n) is 6.21. The summed E-state index contributed by atoms with van der Waals surface area (Å²) in [5.74, 6) is 0.775. The zero-order chi connectivity index (χ0) is 23.5. The standard InChI is InChI=1S/C30H28N2O2/c1-3-34-28-16-10-8-14-26(28)29-31(21-23-11-5-4-6-12-23)27-15-9-7-13-25(27)30(33)32(29)24-19-17-22(2)18-20-24/h4-20,29H,3,21H2,1-2H3/t29-/m1/s1. The Hall–Kier alpha value is -4.05. The monoisotopic (exact) mass is 448 g/mol. The fourth-order valence-electron chi connectivity index (χ4n) is 4.62. The van der Waals surface area contributed by atoms with Crippen molar-refractivity contribution in [2.24, 2.45) is 0 Å². The molecule has 4 aromatic carbocycles. The van der Waals surface area contributed by atoms with Gasteiger partial charge in [-0.15, -0.1) is 0 Å². The van der Waals surface area contributed by atoms with Gasteiger partial charge in [0.15, 0.2) is 0 Å². The number of amides is 1. The Labute approximate surface area is 201 Å². The number of fused-ring (bicyclic) bond motifs is 1. The lowest BCUT2D eigenvalue weighted by Gasteiger charge is -2.46. The highest BCUT2D eigenvalue weighted by atomic mass is 16.5. The number of carbonyl (C=O) groups is 1. The van der Waals surface area contributed by atoms with E-state index in [4.69, 9.17) is 4.74 Å². The molecule has 0 radical (unpaired) electrons. The van der Waals surface area contributed by atoms with Crippen LogP contribution in [0.3, 0.4) is 0 Å². The molecule has 4 nitrogen and oxygen atoms in total. The van der Waals surface area contributed by atoms with E-state index in [0.717, 1.165) is 28.3 Å². The average molecular weight is 449 g/mol. The number of rotatable bonds is 6. The maximum Gasteiger partial charge on any atom is 0.262 e. The molecule has 1 heterocycles. The van der Waals surface area contributed by atoms with Crippen LogP contribution in [0.4, 0.5) is 11.4 Å². The second-order valence-corrected chi connectivity index (χ2v) is 8.49. The van der Waals surface area contributed by atoms with Gasteiger partial charge in [-0.1, -0.05) is 78.4 Å². The number of carbonyl (C=O) groups excluding carboxylic acids is 1. The first-order chi connectivity index (χ1) is 16.7. The number of nitrogens with zero attached hydrogens (tertiary/aromatic N) is 2. The van der Waals surface area contributed by atoms with E-state index < -0.39 is 0 Å². The van der Waals surface area contributed by atoms with Gasteiger partial charge in [-0.2, -0.15) is 0 Å². The molecule has 0 saturated carbocycles. The highest BCUT2D eigenvalue weighted by Crippen LogP contribution is 2.44. The topological polar surface area (TPSA) is 32.8 Å². The zero-order valence-electron chi connectivity index (χ0n) is 19.5. The van der Waals surface area contributed by atoms with Crippen LogP contribution < -0.4 is 14.5 Å². The molecule has 0 bridgehead atoms. The van der Waals surface area contributed by atoms with E-state index in [0.29, 0.717) is 18.7 Å². The fourth-order valence-corrected chi connectivity index (χ4v) is 4.62. The normalized spacial score (nSPS) is 15.2. The van der Waals surface area contributed by atoms with Crippen molar-refractivity contribution in [1.29, 1.82) is 0 Å². The van der Waals surface area contributed by atoms with Gasteiger partial charge >= 0.3 is 0 Å². The van der Waals surface area contributed by atoms with Gasteiger partial charge in [-0.3, -0.25) is 9.69 Å². The summed E-state index contributed by atoms with van der Waals surface area (Å²) in [6, 6.07) is 34.5. The summed E-state index contributed by atoms with van der Waals surface area (Å²) in [5.41, 5.74) is 5.78. The zero-order valence-corrected chi connectivity index (χ0v) is 19.5. The Morgan fingerprint density at radius 3 is 2.24 bits per heavy atom. The third kappa shape index (κ3) is 4.03. The van der Waals surface area contributed by atoms with E-state index in [1.54, 1.807) is 0 Å². The van der Waals surface area contributed by atoms with Crippen molar-refractivity contribution in [3.05, 3.63) is 125 Å². The number of benzene rings is 4. The van der Waals surface area contributed by atoms with Crippen LogP contribution in [0.25, 0.3) is 0 Å². The summed E-state index contributed by atoms with van der Waals surface area (Å²) in [7, 11) is 0. The second kappa shape index (κ2) is 9.44. The molecule has 0 aliphatic carbocycles. The smallest absolute Gasteiger partial charge is 0.262 e. The molecule has 1 aliphatic heterocycles. The minimum atomic E-state index is -0.368. The van der Waals surface area contributed by atoms with Crippen molar-refractivity contribution >= 4 is 17.3 Å². The van der Waals surface area contributed by atoms with Gasteiger partial charge in [-0.05, 0) is 49.7 Å². The van der Waals surface area contributed by atoms with Gasteiger partial charge in [0, 0.05) is 17.8 Å². The molecule has 170 valence electrons. The molecule has 0 aromatic heterocycles. The molecule has 1 amide bonds. The Bertz CT molecular complexity index is 1280. The molecule has 34 heavy (non-hydrogen) atoms. The second-order valence-electron chi connectivity index (χ2n) is 8.49. The van der Waals surface area contributed by atoms with Gasteiger partial charge in [0.05, 0.1) is 17.9 Å². The largest absolute Gasteiger partial charge is 0.493 e. The average Bonchev–Trinajstić information content (AvgIpc) is 2.88. The van der Waals surface area contributed by atoms with E-state index in [-0.39, 0.29) is 12.1 Å². The van der Waals surface area contributed by atoms with Crippen LogP contribution in [0.2, 0.25) is 0 Å². The molecule has 0 unspecified atom stereocenters. The Kier molecular flexibility index (Phi) is 6.05. The van der Waals surface area contributed by atoms with Gasteiger partial charge < -0.3 is 9.64 Å². The SMILES string of the molecule is CCOc1ccccc1[C@@H]1N(Cc2ccccc2)c2ccccc2C(=O)N1c1ccc(C)cc1. The molecule has 0 fully saturated rings. The predicted octanol–water partition coefficient (Wildman–Crippen LogP) is 6.76. The first-order valence-electron chi connectivity index (χ1n) is 11.7. The number of ether oxygens (including phenoxy) is 1. The fraction of sp³-hybridized carbons (Fsp3) is 0.167. The van der Waals surface area contributed by atoms with Gasteiger partial charge in [-0.25, -0.2) is 0 Å². The van der Waals surface area contributed by atoms with E-state index in [9.17, 15) is 4.79 Å². The van der Waals surface area contributed by atoms with Crippen molar-refractivity contribution in [1.82, 2.24) is 0 Å². The summed E-state index contributed by atoms with van der Waals surface area (Å²) < 4.78 is 6.05. The van der Waals surface area contributed by atoms with E-state index >= 15 is 0 Å².